The molecule has 22 saturated heterocycles. The molecule has 22 rings (SSSR count). The van der Waals surface area contributed by atoms with Crippen LogP contribution in [0.5, 0.6) is 0 Å². The third-order valence-corrected chi connectivity index (χ3v) is 16.9. The minimum absolute atomic E-state index is 0.919. The van der Waals surface area contributed by atoms with Crippen LogP contribution in [0, 0.1) is 0 Å². The molecule has 0 aromatic rings. The van der Waals surface area contributed by atoms with Gasteiger partial charge in [-0.25, -0.2) is 0 Å². The summed E-state index contributed by atoms with van der Waals surface area (Å²) in [4.78, 5) is 0. The molecule has 22 heterocycles. The minimum atomic E-state index is -2.35. The zero-order valence-electron chi connectivity index (χ0n) is 46.0. The molecule has 22 aliphatic rings. The van der Waals surface area contributed by atoms with Gasteiger partial charge in [0.25, 0.3) is 0 Å². The molecule has 0 aliphatic carbocycles. The molecular formula is C48H80O40. The highest BCUT2D eigenvalue weighted by molar-refractivity contribution is 5.02. The first kappa shape index (κ1) is 70.7. The monoisotopic (exact) mass is 1300 g/mol. The van der Waals surface area contributed by atoms with Gasteiger partial charge in [-0.3, -0.25) is 0 Å². The molecule has 14 bridgehead atoms. The maximum atomic E-state index is 11.8. The van der Waals surface area contributed by atoms with Gasteiger partial charge in [0.05, 0.1) is 52.9 Å². The van der Waals surface area contributed by atoms with Crippen LogP contribution in [-0.4, -0.2) is 421 Å². The lowest BCUT2D eigenvalue weighted by atomic mass is 9.95. The molecule has 40 nitrogen and oxygen atoms in total. The van der Waals surface area contributed by atoms with Crippen LogP contribution in [0.25, 0.3) is 0 Å². The molecule has 24 N–H and O–H groups in total. The topological polar surface area (TPSA) is 633 Å². The fourth-order valence-electron chi connectivity index (χ4n) is 11.8. The Labute approximate surface area is 496 Å². The van der Waals surface area contributed by atoms with E-state index in [1.165, 1.54) is 0 Å². The highest BCUT2D eigenvalue weighted by atomic mass is 16.8. The largest absolute Gasteiger partial charge is 0.394 e. The Morgan fingerprint density at radius 2 is 0.375 bits per heavy atom. The highest BCUT2D eigenvalue weighted by Crippen LogP contribution is 2.39. The Morgan fingerprint density at radius 1 is 0.182 bits per heavy atom. The summed E-state index contributed by atoms with van der Waals surface area (Å²) in [7, 11) is 0. The quantitative estimate of drug-likeness (QED) is 0.0966. The normalized spacial score (nSPS) is 55.2. The first-order chi connectivity index (χ1) is 41.9. The third kappa shape index (κ3) is 13.9. The Morgan fingerprint density at radius 3 is 0.580 bits per heavy atom. The molecule has 40 heteroatoms. The molecule has 0 spiro atoms. The van der Waals surface area contributed by atoms with Crippen molar-refractivity contribution in [3.05, 3.63) is 0 Å². The lowest BCUT2D eigenvalue weighted by Crippen LogP contribution is -2.68. The zero-order valence-corrected chi connectivity index (χ0v) is 46.0. The van der Waals surface area contributed by atoms with Crippen molar-refractivity contribution in [3.8, 4) is 0 Å². The zero-order chi connectivity index (χ0) is 64.1. The lowest BCUT2D eigenvalue weighted by molar-refractivity contribution is -0.399. The van der Waals surface area contributed by atoms with Crippen LogP contribution in [0.2, 0.25) is 0 Å². The maximum absolute atomic E-state index is 11.8. The van der Waals surface area contributed by atoms with Crippen LogP contribution in [0.4, 0.5) is 0 Å². The Hall–Kier alpha value is -1.60. The lowest BCUT2D eigenvalue weighted by Gasteiger charge is -2.50. The SMILES string of the molecule is OC[C@H]1O[C@@H](OC[C@H]2O[C@@H]3O[C@H]4[C@H](O)[C@H](O)[C@@H](O[C@H]5[C@H](O)[C@H](O)[C@@H](O[C@H]6[C@H](O)[C@@H](O)[C@@H](O[C@H]7[C@H](O)[C@@H](O)[C@@H](O[C@H]8[C@H](O)[C@@H](O)[C@@H](O[C@H]9[C@H](O)[C@@H](O)[C@@H](O[C@H]2[C@H](O)[C@H]3O)O[C@@H]9CO)O[C@@H]8CO)O[C@@H]7CO)O[C@@H]6CO)O[C@@H]5CO)O[C@@H]4CO)[C@H](O)[C@@H](O)[C@H]1O. The average Bonchev–Trinajstić information content (AvgIpc) is 2.18. The number of hydrogen-bond donors (Lipinski definition) is 24. The van der Waals surface area contributed by atoms with Crippen molar-refractivity contribution in [1.29, 1.82) is 0 Å². The van der Waals surface area contributed by atoms with Crippen molar-refractivity contribution >= 4 is 0 Å². The molecule has 88 heavy (non-hydrogen) atoms. The van der Waals surface area contributed by atoms with Crippen molar-refractivity contribution in [2.75, 3.05) is 52.9 Å². The van der Waals surface area contributed by atoms with Gasteiger partial charge in [0.1, 0.15) is 195 Å². The van der Waals surface area contributed by atoms with Crippen molar-refractivity contribution in [2.45, 2.75) is 246 Å². The fourth-order valence-corrected chi connectivity index (χ4v) is 11.8. The Bertz CT molecular complexity index is 2130. The number of aliphatic hydroxyl groups is 24. The van der Waals surface area contributed by atoms with E-state index < -0.39 is 299 Å². The third-order valence-electron chi connectivity index (χ3n) is 16.9. The van der Waals surface area contributed by atoms with Crippen molar-refractivity contribution in [2.24, 2.45) is 0 Å². The van der Waals surface area contributed by atoms with E-state index in [0.29, 0.717) is 0 Å². The van der Waals surface area contributed by atoms with Crippen LogP contribution in [-0.2, 0) is 75.8 Å². The van der Waals surface area contributed by atoms with Crippen molar-refractivity contribution in [1.82, 2.24) is 0 Å². The summed E-state index contributed by atoms with van der Waals surface area (Å²) in [6.45, 7) is -8.51. The van der Waals surface area contributed by atoms with E-state index in [1.807, 2.05) is 0 Å². The van der Waals surface area contributed by atoms with E-state index >= 15 is 0 Å². The summed E-state index contributed by atoms with van der Waals surface area (Å²) in [6, 6.07) is 0. The van der Waals surface area contributed by atoms with Gasteiger partial charge in [-0.05, 0) is 0 Å². The summed E-state index contributed by atoms with van der Waals surface area (Å²) in [6.07, 6.45) is -82.6. The second-order valence-electron chi connectivity index (χ2n) is 22.5. The van der Waals surface area contributed by atoms with Crippen LogP contribution in [0.1, 0.15) is 0 Å². The fraction of sp³-hybridized carbons (Fsp3) is 1.00. The van der Waals surface area contributed by atoms with Crippen molar-refractivity contribution < 1.29 is 198 Å². The van der Waals surface area contributed by atoms with E-state index in [2.05, 4.69) is 0 Å². The summed E-state index contributed by atoms with van der Waals surface area (Å²) in [5, 5.41) is 265. The van der Waals surface area contributed by atoms with Crippen LogP contribution >= 0.6 is 0 Å². The molecule has 0 saturated carbocycles. The molecule has 22 aliphatic heterocycles. The first-order valence-corrected chi connectivity index (χ1v) is 28.1. The van der Waals surface area contributed by atoms with E-state index in [-0.39, 0.29) is 0 Å². The number of aliphatic hydroxyl groups excluding tert-OH is 24. The molecule has 0 radical (unpaired) electrons. The van der Waals surface area contributed by atoms with Gasteiger partial charge in [-0.15, -0.1) is 0 Å². The molecule has 40 atom stereocenters. The smallest absolute Gasteiger partial charge is 0.187 e. The van der Waals surface area contributed by atoms with Gasteiger partial charge in [0.15, 0.2) is 50.3 Å². The van der Waals surface area contributed by atoms with Crippen molar-refractivity contribution in [3.63, 3.8) is 0 Å². The molecule has 0 aromatic heterocycles. The highest BCUT2D eigenvalue weighted by Gasteiger charge is 2.60. The molecule has 0 aromatic carbocycles. The van der Waals surface area contributed by atoms with E-state index in [9.17, 15) is 123 Å². The van der Waals surface area contributed by atoms with Gasteiger partial charge >= 0.3 is 0 Å². The van der Waals surface area contributed by atoms with Gasteiger partial charge in [-0.1, -0.05) is 0 Å². The van der Waals surface area contributed by atoms with E-state index in [0.717, 1.165) is 0 Å². The van der Waals surface area contributed by atoms with Gasteiger partial charge in [0, 0.05) is 0 Å². The predicted molar refractivity (Wildman–Crippen MR) is 261 cm³/mol. The molecular weight excluding hydrogens is 1220 g/mol. The average molecular weight is 1300 g/mol. The summed E-state index contributed by atoms with van der Waals surface area (Å²) >= 11 is 0. The molecule has 512 valence electrons. The summed E-state index contributed by atoms with van der Waals surface area (Å²) in [5.74, 6) is 0. The second-order valence-corrected chi connectivity index (χ2v) is 22.5. The molecule has 22 fully saturated rings. The van der Waals surface area contributed by atoms with Gasteiger partial charge < -0.3 is 198 Å². The molecule has 0 unspecified atom stereocenters. The van der Waals surface area contributed by atoms with E-state index in [1.54, 1.807) is 0 Å². The number of ether oxygens (including phenoxy) is 16. The van der Waals surface area contributed by atoms with Crippen LogP contribution in [0.15, 0.2) is 0 Å². The van der Waals surface area contributed by atoms with Gasteiger partial charge in [-0.2, -0.15) is 0 Å². The van der Waals surface area contributed by atoms with Gasteiger partial charge in [0.2, 0.25) is 0 Å². The van der Waals surface area contributed by atoms with E-state index in [4.69, 9.17) is 75.8 Å². The minimum Gasteiger partial charge on any atom is -0.394 e. The second kappa shape index (κ2) is 30.0. The summed E-state index contributed by atoms with van der Waals surface area (Å²) < 4.78 is 91.6. The summed E-state index contributed by atoms with van der Waals surface area (Å²) in [5.41, 5.74) is 0. The predicted octanol–water partition coefficient (Wildman–Crippen LogP) is -17.4. The Balaban J connectivity index is 1.02. The van der Waals surface area contributed by atoms with Crippen LogP contribution in [0.3, 0.4) is 0 Å². The number of hydrogen-bond acceptors (Lipinski definition) is 40. The first-order valence-electron chi connectivity index (χ1n) is 28.1. The Kier molecular flexibility index (Phi) is 24.1. The van der Waals surface area contributed by atoms with Crippen LogP contribution < -0.4 is 0 Å². The maximum Gasteiger partial charge on any atom is 0.187 e. The number of rotatable bonds is 10. The standard InChI is InChI=1S/C48H80O40/c49-1-9-17(56)18(57)26(65)41(74-9)73-8-16-40-25(64)33(72)48(81-16)87-39-15(7-55)79-46(31(70)23(39)62)85-37-13(5-53)77-44(29(68)21(37)60)83-35-11(3-51)75-42(27(66)19(35)58)82-34-10(2-50)76-43(28(67)20(34)59)84-36-12(4-52)78-45(30(69)22(36)61)86-38-14(6-54)80-47(88-40)32(71)24(38)63/h9-72H,1-8H2/t9-,10-,11-,12-,13-,14-,15-,16-,17+,18+,19-,20-,21-,22-,23-,24-,25-,26-,27-,28-,29+,30-,31+,32-,33-,34-,35-,36-,37-,38-,39-,40-,41-,42-,43-,44-,45-,46-,47-,48-/m1/s1. The molecule has 0 amide bonds.